The first-order chi connectivity index (χ1) is 9.12. The molecule has 0 fully saturated rings. The van der Waals surface area contributed by atoms with E-state index in [0.29, 0.717) is 0 Å². The van der Waals surface area contributed by atoms with Crippen LogP contribution in [0.25, 0.3) is 10.9 Å². The number of aliphatic hydroxyl groups is 1. The number of aryl methyl sites for hydroxylation is 1. The minimum atomic E-state index is -0.951. The van der Waals surface area contributed by atoms with Crippen LogP contribution in [0.3, 0.4) is 0 Å². The van der Waals surface area contributed by atoms with E-state index in [-0.39, 0.29) is 11.0 Å². The van der Waals surface area contributed by atoms with Crippen LogP contribution in [0.4, 0.5) is 0 Å². The van der Waals surface area contributed by atoms with Crippen molar-refractivity contribution >= 4 is 16.9 Å². The number of nitrogens with one attached hydrogen (secondary N) is 1. The predicted molar refractivity (Wildman–Crippen MR) is 79.3 cm³/mol. The number of hydrogen-bond acceptors (Lipinski definition) is 2. The van der Waals surface area contributed by atoms with Gasteiger partial charge in [-0.15, -0.1) is 0 Å². The number of aliphatic hydroxyl groups excluding tert-OH is 1. The third-order valence-electron chi connectivity index (χ3n) is 3.62. The van der Waals surface area contributed by atoms with Crippen LogP contribution in [-0.2, 0) is 5.41 Å². The van der Waals surface area contributed by atoms with Gasteiger partial charge in [-0.25, -0.2) is 4.79 Å². The van der Waals surface area contributed by atoms with Gasteiger partial charge < -0.3 is 15.2 Å². The van der Waals surface area contributed by atoms with E-state index in [2.05, 4.69) is 4.98 Å². The largest absolute Gasteiger partial charge is 0.478 e. The number of H-pyrrole nitrogens is 1. The van der Waals surface area contributed by atoms with Crippen LogP contribution < -0.4 is 0 Å². The van der Waals surface area contributed by atoms with Crippen molar-refractivity contribution in [3.8, 4) is 0 Å². The second-order valence-electron chi connectivity index (χ2n) is 6.34. The molecule has 0 saturated heterocycles. The molecule has 4 heteroatoms. The van der Waals surface area contributed by atoms with Crippen molar-refractivity contribution in [2.24, 2.45) is 0 Å². The molecule has 0 aliphatic carbocycles. The number of aromatic nitrogens is 1. The Morgan fingerprint density at radius 3 is 2.35 bits per heavy atom. The standard InChI is InChI=1S/C16H21NO3/c1-8-13(9(2)18)11-6-10(15(19)20)7-12(14(11)17-8)16(3,4)5/h6-7,9,17-18H,1-5H3,(H,19,20). The van der Waals surface area contributed by atoms with Gasteiger partial charge in [0, 0.05) is 22.2 Å². The second-order valence-corrected chi connectivity index (χ2v) is 6.34. The number of carboxylic acid groups (broad SMARTS) is 1. The molecular formula is C16H21NO3. The summed E-state index contributed by atoms with van der Waals surface area (Å²) in [6.45, 7) is 9.73. The number of benzene rings is 1. The maximum Gasteiger partial charge on any atom is 0.335 e. The van der Waals surface area contributed by atoms with Gasteiger partial charge in [0.2, 0.25) is 0 Å². The molecule has 1 unspecified atom stereocenters. The highest BCUT2D eigenvalue weighted by Crippen LogP contribution is 2.35. The topological polar surface area (TPSA) is 73.3 Å². The van der Waals surface area contributed by atoms with Crippen molar-refractivity contribution in [3.05, 3.63) is 34.5 Å². The van der Waals surface area contributed by atoms with E-state index in [1.165, 1.54) is 0 Å². The van der Waals surface area contributed by atoms with E-state index >= 15 is 0 Å². The number of fused-ring (bicyclic) bond motifs is 1. The minimum absolute atomic E-state index is 0.184. The lowest BCUT2D eigenvalue weighted by atomic mass is 9.84. The minimum Gasteiger partial charge on any atom is -0.478 e. The normalized spacial score (nSPS) is 13.7. The first-order valence-corrected chi connectivity index (χ1v) is 6.71. The fourth-order valence-electron chi connectivity index (χ4n) is 2.70. The summed E-state index contributed by atoms with van der Waals surface area (Å²) in [5, 5.41) is 20.0. The number of carbonyl (C=O) groups is 1. The van der Waals surface area contributed by atoms with E-state index in [9.17, 15) is 15.0 Å². The highest BCUT2D eigenvalue weighted by atomic mass is 16.4. The van der Waals surface area contributed by atoms with Gasteiger partial charge in [-0.05, 0) is 37.0 Å². The summed E-state index contributed by atoms with van der Waals surface area (Å²) in [6.07, 6.45) is -0.638. The second kappa shape index (κ2) is 4.63. The maximum atomic E-state index is 11.3. The Hall–Kier alpha value is -1.81. The van der Waals surface area contributed by atoms with E-state index < -0.39 is 12.1 Å². The molecule has 1 heterocycles. The van der Waals surface area contributed by atoms with Crippen molar-refractivity contribution in [3.63, 3.8) is 0 Å². The lowest BCUT2D eigenvalue weighted by Crippen LogP contribution is -2.13. The SMILES string of the molecule is Cc1[nH]c2c(C(C)(C)C)cc(C(=O)O)cc2c1C(C)O. The fraction of sp³-hybridized carbons (Fsp3) is 0.438. The van der Waals surface area contributed by atoms with E-state index in [0.717, 1.165) is 27.7 Å². The molecule has 3 N–H and O–H groups in total. The van der Waals surface area contributed by atoms with Gasteiger partial charge in [0.05, 0.1) is 11.7 Å². The van der Waals surface area contributed by atoms with Crippen LogP contribution in [0.1, 0.15) is 61.0 Å². The summed E-state index contributed by atoms with van der Waals surface area (Å²) in [5.74, 6) is -0.951. The van der Waals surface area contributed by atoms with Crippen LogP contribution in [-0.4, -0.2) is 21.2 Å². The van der Waals surface area contributed by atoms with Crippen LogP contribution >= 0.6 is 0 Å². The van der Waals surface area contributed by atoms with Gasteiger partial charge in [-0.2, -0.15) is 0 Å². The average molecular weight is 275 g/mol. The third kappa shape index (κ3) is 2.31. The van der Waals surface area contributed by atoms with E-state index in [1.807, 2.05) is 27.7 Å². The number of hydrogen-bond donors (Lipinski definition) is 3. The Bertz CT molecular complexity index is 675. The Kier molecular flexibility index (Phi) is 3.38. The van der Waals surface area contributed by atoms with Crippen molar-refractivity contribution in [2.75, 3.05) is 0 Å². The lowest BCUT2D eigenvalue weighted by Gasteiger charge is -2.21. The summed E-state index contributed by atoms with van der Waals surface area (Å²) in [4.78, 5) is 14.6. The van der Waals surface area contributed by atoms with Crippen molar-refractivity contribution < 1.29 is 15.0 Å². The lowest BCUT2D eigenvalue weighted by molar-refractivity contribution is 0.0697. The van der Waals surface area contributed by atoms with Crippen molar-refractivity contribution in [2.45, 2.75) is 46.1 Å². The van der Waals surface area contributed by atoms with Gasteiger partial charge in [-0.3, -0.25) is 0 Å². The summed E-state index contributed by atoms with van der Waals surface area (Å²) >= 11 is 0. The van der Waals surface area contributed by atoms with Crippen molar-refractivity contribution in [1.82, 2.24) is 4.98 Å². The van der Waals surface area contributed by atoms with Crippen LogP contribution in [0.2, 0.25) is 0 Å². The molecule has 0 radical (unpaired) electrons. The first kappa shape index (κ1) is 14.6. The summed E-state index contributed by atoms with van der Waals surface area (Å²) in [5.41, 5.74) is 3.58. The summed E-state index contributed by atoms with van der Waals surface area (Å²) in [7, 11) is 0. The molecule has 1 atom stereocenters. The zero-order valence-corrected chi connectivity index (χ0v) is 12.5. The monoisotopic (exact) mass is 275 g/mol. The zero-order chi connectivity index (χ0) is 15.2. The molecular weight excluding hydrogens is 254 g/mol. The molecule has 0 spiro atoms. The molecule has 0 aliphatic rings. The Morgan fingerprint density at radius 1 is 1.30 bits per heavy atom. The number of carboxylic acids is 1. The Labute approximate surface area is 118 Å². The summed E-state index contributed by atoms with van der Waals surface area (Å²) < 4.78 is 0. The first-order valence-electron chi connectivity index (χ1n) is 6.71. The Balaban J connectivity index is 2.92. The summed E-state index contributed by atoms with van der Waals surface area (Å²) in [6, 6.07) is 3.35. The zero-order valence-electron chi connectivity index (χ0n) is 12.5. The highest BCUT2D eigenvalue weighted by Gasteiger charge is 2.24. The Morgan fingerprint density at radius 2 is 1.90 bits per heavy atom. The molecule has 1 aromatic carbocycles. The molecule has 2 rings (SSSR count). The molecule has 20 heavy (non-hydrogen) atoms. The van der Waals surface area contributed by atoms with Gasteiger partial charge in [0.15, 0.2) is 0 Å². The van der Waals surface area contributed by atoms with Gasteiger partial charge in [0.25, 0.3) is 0 Å². The van der Waals surface area contributed by atoms with Crippen LogP contribution in [0.15, 0.2) is 12.1 Å². The number of rotatable bonds is 2. The van der Waals surface area contributed by atoms with Crippen LogP contribution in [0, 0.1) is 6.92 Å². The average Bonchev–Trinajstić information content (AvgIpc) is 2.61. The van der Waals surface area contributed by atoms with Crippen LogP contribution in [0.5, 0.6) is 0 Å². The molecule has 0 bridgehead atoms. The molecule has 0 aliphatic heterocycles. The molecule has 1 aromatic heterocycles. The van der Waals surface area contributed by atoms with Gasteiger partial charge in [0.1, 0.15) is 0 Å². The molecule has 4 nitrogen and oxygen atoms in total. The van der Waals surface area contributed by atoms with Crippen molar-refractivity contribution in [1.29, 1.82) is 0 Å². The maximum absolute atomic E-state index is 11.3. The predicted octanol–water partition coefficient (Wildman–Crippen LogP) is 3.53. The third-order valence-corrected chi connectivity index (χ3v) is 3.62. The van der Waals surface area contributed by atoms with Gasteiger partial charge in [-0.1, -0.05) is 20.8 Å². The highest BCUT2D eigenvalue weighted by molar-refractivity contribution is 5.97. The van der Waals surface area contributed by atoms with Gasteiger partial charge >= 0.3 is 5.97 Å². The smallest absolute Gasteiger partial charge is 0.335 e. The fourth-order valence-corrected chi connectivity index (χ4v) is 2.70. The van der Waals surface area contributed by atoms with E-state index in [1.54, 1.807) is 19.1 Å². The molecule has 0 saturated carbocycles. The quantitative estimate of drug-likeness (QED) is 0.785. The van der Waals surface area contributed by atoms with E-state index in [4.69, 9.17) is 0 Å². The molecule has 2 aromatic rings. The molecule has 0 amide bonds. The molecule has 108 valence electrons. The number of aromatic amines is 1. The number of aromatic carboxylic acids is 1.